The highest BCUT2D eigenvalue weighted by molar-refractivity contribution is 6.34. The molecule has 1 saturated heterocycles. The first kappa shape index (κ1) is 13.0. The Balaban J connectivity index is 2.08. The van der Waals surface area contributed by atoms with E-state index in [1.165, 1.54) is 0 Å². The zero-order valence-corrected chi connectivity index (χ0v) is 10.6. The van der Waals surface area contributed by atoms with Crippen LogP contribution in [0.4, 0.5) is 0 Å². The summed E-state index contributed by atoms with van der Waals surface area (Å²) < 4.78 is 11.1. The summed E-state index contributed by atoms with van der Waals surface area (Å²) in [5.41, 5.74) is 5.97. The Hall–Kier alpha value is -1.46. The van der Waals surface area contributed by atoms with E-state index in [2.05, 4.69) is 5.16 Å². The van der Waals surface area contributed by atoms with Crippen molar-refractivity contribution in [2.24, 2.45) is 10.9 Å². The molecule has 1 aliphatic heterocycles. The van der Waals surface area contributed by atoms with Crippen molar-refractivity contribution in [1.29, 1.82) is 0 Å². The van der Waals surface area contributed by atoms with Crippen LogP contribution in [0.15, 0.2) is 23.4 Å². The largest absolute Gasteiger partial charge is 0.490 e. The molecule has 0 radical (unpaired) electrons. The Morgan fingerprint density at radius 2 is 2.17 bits per heavy atom. The molecule has 1 aromatic rings. The van der Waals surface area contributed by atoms with Crippen LogP contribution in [0.25, 0.3) is 0 Å². The van der Waals surface area contributed by atoms with E-state index in [0.29, 0.717) is 16.3 Å². The van der Waals surface area contributed by atoms with Crippen molar-refractivity contribution in [3.05, 3.63) is 28.8 Å². The maximum Gasteiger partial charge on any atom is 0.171 e. The van der Waals surface area contributed by atoms with Crippen LogP contribution >= 0.6 is 11.6 Å². The lowest BCUT2D eigenvalue weighted by Gasteiger charge is -2.23. The third-order valence-corrected chi connectivity index (χ3v) is 3.11. The summed E-state index contributed by atoms with van der Waals surface area (Å²) in [4.78, 5) is 0. The Morgan fingerprint density at radius 1 is 1.44 bits per heavy atom. The SMILES string of the molecule is NC(=NO)c1ccc(OC2CCOCC2)cc1Cl. The van der Waals surface area contributed by atoms with Gasteiger partial charge >= 0.3 is 0 Å². The van der Waals surface area contributed by atoms with Crippen molar-refractivity contribution in [1.82, 2.24) is 0 Å². The first-order valence-corrected chi connectivity index (χ1v) is 6.10. The number of benzene rings is 1. The maximum atomic E-state index is 8.60. The fourth-order valence-corrected chi connectivity index (χ4v) is 2.08. The molecule has 0 atom stereocenters. The summed E-state index contributed by atoms with van der Waals surface area (Å²) in [7, 11) is 0. The van der Waals surface area contributed by atoms with E-state index < -0.39 is 0 Å². The second kappa shape index (κ2) is 5.93. The van der Waals surface area contributed by atoms with Crippen molar-refractivity contribution in [3.63, 3.8) is 0 Å². The average Bonchev–Trinajstić information content (AvgIpc) is 2.39. The molecule has 3 N–H and O–H groups in total. The van der Waals surface area contributed by atoms with Gasteiger partial charge in [-0.1, -0.05) is 16.8 Å². The number of oxime groups is 1. The van der Waals surface area contributed by atoms with Crippen LogP contribution in [-0.4, -0.2) is 30.4 Å². The lowest BCUT2D eigenvalue weighted by molar-refractivity contribution is 0.0256. The molecule has 5 nitrogen and oxygen atoms in total. The van der Waals surface area contributed by atoms with E-state index >= 15 is 0 Å². The highest BCUT2D eigenvalue weighted by atomic mass is 35.5. The summed E-state index contributed by atoms with van der Waals surface area (Å²) in [5.74, 6) is 0.666. The normalized spacial score (nSPS) is 17.7. The van der Waals surface area contributed by atoms with Gasteiger partial charge in [-0.05, 0) is 18.2 Å². The molecule has 0 saturated carbocycles. The Bertz CT molecular complexity index is 445. The van der Waals surface area contributed by atoms with Crippen LogP contribution in [0.3, 0.4) is 0 Å². The minimum absolute atomic E-state index is 0.0161. The van der Waals surface area contributed by atoms with Gasteiger partial charge in [0.2, 0.25) is 0 Å². The number of nitrogens with two attached hydrogens (primary N) is 1. The van der Waals surface area contributed by atoms with Crippen molar-refractivity contribution in [2.45, 2.75) is 18.9 Å². The number of hydrogen-bond donors (Lipinski definition) is 2. The van der Waals surface area contributed by atoms with Gasteiger partial charge in [-0.25, -0.2) is 0 Å². The topological polar surface area (TPSA) is 77.1 Å². The first-order valence-electron chi connectivity index (χ1n) is 5.72. The summed E-state index contributed by atoms with van der Waals surface area (Å²) in [6.45, 7) is 1.45. The fourth-order valence-electron chi connectivity index (χ4n) is 1.82. The number of rotatable bonds is 3. The summed E-state index contributed by atoms with van der Waals surface area (Å²) in [5, 5.41) is 11.9. The zero-order chi connectivity index (χ0) is 13.0. The lowest BCUT2D eigenvalue weighted by Crippen LogP contribution is -2.25. The summed E-state index contributed by atoms with van der Waals surface area (Å²) in [6.07, 6.45) is 1.91. The fraction of sp³-hybridized carbons (Fsp3) is 0.417. The predicted molar refractivity (Wildman–Crippen MR) is 68.4 cm³/mol. The van der Waals surface area contributed by atoms with E-state index in [1.54, 1.807) is 18.2 Å². The summed E-state index contributed by atoms with van der Waals surface area (Å²) in [6, 6.07) is 5.10. The molecule has 1 aromatic carbocycles. The van der Waals surface area contributed by atoms with Crippen molar-refractivity contribution < 1.29 is 14.7 Å². The van der Waals surface area contributed by atoms with Crippen molar-refractivity contribution in [3.8, 4) is 5.75 Å². The maximum absolute atomic E-state index is 8.60. The molecule has 6 heteroatoms. The molecule has 18 heavy (non-hydrogen) atoms. The quantitative estimate of drug-likeness (QED) is 0.381. The molecule has 1 fully saturated rings. The number of nitrogens with zero attached hydrogens (tertiary/aromatic N) is 1. The second-order valence-corrected chi connectivity index (χ2v) is 4.46. The van der Waals surface area contributed by atoms with Crippen LogP contribution in [0, 0.1) is 0 Å². The molecule has 1 aliphatic rings. The van der Waals surface area contributed by atoms with Gasteiger partial charge in [-0.15, -0.1) is 0 Å². The van der Waals surface area contributed by atoms with Crippen LogP contribution in [0.5, 0.6) is 5.75 Å². The third kappa shape index (κ3) is 3.05. The first-order chi connectivity index (χ1) is 8.70. The Kier molecular flexibility index (Phi) is 4.28. The van der Waals surface area contributed by atoms with Crippen LogP contribution in [0.2, 0.25) is 5.02 Å². The molecule has 0 unspecified atom stereocenters. The molecule has 0 aromatic heterocycles. The minimum Gasteiger partial charge on any atom is -0.490 e. The molecule has 2 rings (SSSR count). The molecule has 0 bridgehead atoms. The number of amidine groups is 1. The van der Waals surface area contributed by atoms with Gasteiger partial charge in [0.05, 0.1) is 18.2 Å². The lowest BCUT2D eigenvalue weighted by atomic mass is 10.1. The van der Waals surface area contributed by atoms with Gasteiger partial charge in [0.25, 0.3) is 0 Å². The number of halogens is 1. The number of hydrogen-bond acceptors (Lipinski definition) is 4. The smallest absolute Gasteiger partial charge is 0.171 e. The Labute approximate surface area is 110 Å². The molecule has 0 aliphatic carbocycles. The van der Waals surface area contributed by atoms with E-state index in [-0.39, 0.29) is 11.9 Å². The van der Waals surface area contributed by atoms with E-state index in [9.17, 15) is 0 Å². The number of ether oxygens (including phenoxy) is 2. The van der Waals surface area contributed by atoms with Gasteiger partial charge in [0.15, 0.2) is 5.84 Å². The Morgan fingerprint density at radius 3 is 2.78 bits per heavy atom. The van der Waals surface area contributed by atoms with Crippen LogP contribution < -0.4 is 10.5 Å². The summed E-state index contributed by atoms with van der Waals surface area (Å²) >= 11 is 6.04. The van der Waals surface area contributed by atoms with Gasteiger partial charge in [0.1, 0.15) is 11.9 Å². The predicted octanol–water partition coefficient (Wildman–Crippen LogP) is 1.99. The molecule has 1 heterocycles. The zero-order valence-electron chi connectivity index (χ0n) is 9.80. The molecular weight excluding hydrogens is 256 g/mol. The van der Waals surface area contributed by atoms with Gasteiger partial charge in [-0.3, -0.25) is 0 Å². The minimum atomic E-state index is -0.0161. The van der Waals surface area contributed by atoms with Gasteiger partial charge < -0.3 is 20.4 Å². The van der Waals surface area contributed by atoms with E-state index in [4.69, 9.17) is 32.0 Å². The van der Waals surface area contributed by atoms with Crippen LogP contribution in [-0.2, 0) is 4.74 Å². The van der Waals surface area contributed by atoms with Gasteiger partial charge in [-0.2, -0.15) is 0 Å². The monoisotopic (exact) mass is 270 g/mol. The molecular formula is C12H15ClN2O3. The van der Waals surface area contributed by atoms with Crippen LogP contribution in [0.1, 0.15) is 18.4 Å². The van der Waals surface area contributed by atoms with Gasteiger partial charge in [0, 0.05) is 18.4 Å². The third-order valence-electron chi connectivity index (χ3n) is 2.80. The van der Waals surface area contributed by atoms with Crippen molar-refractivity contribution in [2.75, 3.05) is 13.2 Å². The standard InChI is InChI=1S/C12H15ClN2O3/c13-11-7-9(1-2-10(11)12(14)15-16)18-8-3-5-17-6-4-8/h1-2,7-8,16H,3-6H2,(H2,14,15). The molecule has 0 amide bonds. The highest BCUT2D eigenvalue weighted by Gasteiger charge is 2.16. The second-order valence-electron chi connectivity index (χ2n) is 4.06. The van der Waals surface area contributed by atoms with E-state index in [1.807, 2.05) is 0 Å². The molecule has 0 spiro atoms. The van der Waals surface area contributed by atoms with Crippen molar-refractivity contribution >= 4 is 17.4 Å². The van der Waals surface area contributed by atoms with E-state index in [0.717, 1.165) is 26.1 Å². The average molecular weight is 271 g/mol. The molecule has 98 valence electrons. The highest BCUT2D eigenvalue weighted by Crippen LogP contribution is 2.24.